The second kappa shape index (κ2) is 14.0. The normalized spacial score (nSPS) is 11.4. The molecule has 7 heteroatoms. The molecule has 0 heterocycles. The number of anilines is 2. The first-order chi connectivity index (χ1) is 21.4. The molecule has 0 aliphatic rings. The van der Waals surface area contributed by atoms with E-state index in [1.54, 1.807) is 65.6 Å². The fourth-order valence-electron chi connectivity index (χ4n) is 4.97. The molecule has 0 saturated heterocycles. The number of fused-ring (bicyclic) bond motifs is 1. The zero-order chi connectivity index (χ0) is 30.9. The molecule has 5 aromatic rings. The predicted molar refractivity (Wildman–Crippen MR) is 174 cm³/mol. The number of nitrogens with zero attached hydrogens (tertiary/aromatic N) is 1. The molecule has 0 aromatic heterocycles. The first kappa shape index (κ1) is 29.8. The Morgan fingerprint density at radius 2 is 1.50 bits per heavy atom. The Labute approximate surface area is 256 Å². The molecular weight excluding hydrogens is 552 g/mol. The second-order valence-corrected chi connectivity index (χ2v) is 10.2. The van der Waals surface area contributed by atoms with Gasteiger partial charge in [0, 0.05) is 28.9 Å². The number of amides is 1. The molecule has 0 bridgehead atoms. The highest BCUT2D eigenvalue weighted by atomic mass is 16.5. The van der Waals surface area contributed by atoms with Gasteiger partial charge in [-0.1, -0.05) is 91.5 Å². The first-order valence-corrected chi connectivity index (χ1v) is 14.3. The lowest BCUT2D eigenvalue weighted by molar-refractivity contribution is -0.137. The molecule has 2 N–H and O–H groups in total. The van der Waals surface area contributed by atoms with Crippen LogP contribution in [0.5, 0.6) is 5.75 Å². The van der Waals surface area contributed by atoms with Crippen molar-refractivity contribution in [1.82, 2.24) is 0 Å². The van der Waals surface area contributed by atoms with Gasteiger partial charge in [0.1, 0.15) is 18.4 Å². The standard InChI is InChI=1S/C37H32N2O5/c1-2-35(40)39(30-19-18-27-10-6-7-13-29(27)25-30)22-23-44-31-20-16-26(17-21-31)24-34(37(42)43)38-33-15-9-8-14-32(33)36(41)28-11-4-3-5-12-28/h2-21,25,34,38H,1,22-24H2,(H,42,43)/t34-/m0/s1. The van der Waals surface area contributed by atoms with Crippen LogP contribution in [0.15, 0.2) is 134 Å². The van der Waals surface area contributed by atoms with Gasteiger partial charge in [-0.3, -0.25) is 9.59 Å². The average molecular weight is 585 g/mol. The van der Waals surface area contributed by atoms with Crippen molar-refractivity contribution in [3.05, 3.63) is 151 Å². The number of rotatable bonds is 13. The lowest BCUT2D eigenvalue weighted by Gasteiger charge is -2.22. The van der Waals surface area contributed by atoms with Crippen LogP contribution in [0, 0.1) is 0 Å². The van der Waals surface area contributed by atoms with Gasteiger partial charge in [-0.15, -0.1) is 0 Å². The molecule has 7 nitrogen and oxygen atoms in total. The highest BCUT2D eigenvalue weighted by Gasteiger charge is 2.21. The molecule has 5 aromatic carbocycles. The topological polar surface area (TPSA) is 95.9 Å². The molecule has 220 valence electrons. The van der Waals surface area contributed by atoms with Crippen molar-refractivity contribution >= 4 is 39.8 Å². The monoisotopic (exact) mass is 584 g/mol. The summed E-state index contributed by atoms with van der Waals surface area (Å²) in [6.45, 7) is 4.20. The van der Waals surface area contributed by atoms with E-state index in [-0.39, 0.29) is 24.7 Å². The zero-order valence-electron chi connectivity index (χ0n) is 24.1. The van der Waals surface area contributed by atoms with E-state index >= 15 is 0 Å². The van der Waals surface area contributed by atoms with Crippen LogP contribution in [0.1, 0.15) is 21.5 Å². The third-order valence-corrected chi connectivity index (χ3v) is 7.27. The van der Waals surface area contributed by atoms with E-state index < -0.39 is 12.0 Å². The maximum absolute atomic E-state index is 13.1. The number of carboxylic acids is 1. The maximum atomic E-state index is 13.1. The number of nitrogens with one attached hydrogen (secondary N) is 1. The van der Waals surface area contributed by atoms with Gasteiger partial charge in [0.15, 0.2) is 5.78 Å². The molecule has 0 aliphatic carbocycles. The molecule has 0 spiro atoms. The van der Waals surface area contributed by atoms with Gasteiger partial charge >= 0.3 is 5.97 Å². The van der Waals surface area contributed by atoms with Gasteiger partial charge in [0.25, 0.3) is 0 Å². The van der Waals surface area contributed by atoms with Crippen molar-refractivity contribution in [3.63, 3.8) is 0 Å². The Morgan fingerprint density at radius 3 is 2.23 bits per heavy atom. The number of ketones is 1. The SMILES string of the molecule is C=CC(=O)N(CCOc1ccc(C[C@H](Nc2ccccc2C(=O)c2ccccc2)C(=O)O)cc1)c1ccc2ccccc2c1. The van der Waals surface area contributed by atoms with Crippen LogP contribution >= 0.6 is 0 Å². The van der Waals surface area contributed by atoms with Crippen molar-refractivity contribution in [2.75, 3.05) is 23.4 Å². The molecule has 0 fully saturated rings. The lowest BCUT2D eigenvalue weighted by atomic mass is 10.00. The van der Waals surface area contributed by atoms with E-state index in [9.17, 15) is 19.5 Å². The number of benzene rings is 5. The number of ether oxygens (including phenoxy) is 1. The zero-order valence-corrected chi connectivity index (χ0v) is 24.1. The molecule has 5 rings (SSSR count). The van der Waals surface area contributed by atoms with Crippen LogP contribution in [0.3, 0.4) is 0 Å². The smallest absolute Gasteiger partial charge is 0.326 e. The maximum Gasteiger partial charge on any atom is 0.326 e. The minimum Gasteiger partial charge on any atom is -0.492 e. The largest absolute Gasteiger partial charge is 0.492 e. The summed E-state index contributed by atoms with van der Waals surface area (Å²) in [5.41, 5.74) is 2.93. The van der Waals surface area contributed by atoms with E-state index in [2.05, 4.69) is 11.9 Å². The van der Waals surface area contributed by atoms with Gasteiger partial charge < -0.3 is 20.1 Å². The Balaban J connectivity index is 1.22. The second-order valence-electron chi connectivity index (χ2n) is 10.2. The number of para-hydroxylation sites is 1. The average Bonchev–Trinajstić information content (AvgIpc) is 3.07. The van der Waals surface area contributed by atoms with E-state index in [0.29, 0.717) is 29.1 Å². The summed E-state index contributed by atoms with van der Waals surface area (Å²) in [5, 5.41) is 15.1. The van der Waals surface area contributed by atoms with Gasteiger partial charge in [0.2, 0.25) is 5.91 Å². The van der Waals surface area contributed by atoms with Crippen molar-refractivity contribution in [1.29, 1.82) is 0 Å². The third kappa shape index (κ3) is 7.20. The summed E-state index contributed by atoms with van der Waals surface area (Å²) in [6, 6.07) is 35.8. The van der Waals surface area contributed by atoms with E-state index in [4.69, 9.17) is 4.74 Å². The Morgan fingerprint density at radius 1 is 0.818 bits per heavy atom. The van der Waals surface area contributed by atoms with Crippen molar-refractivity contribution in [2.45, 2.75) is 12.5 Å². The van der Waals surface area contributed by atoms with Crippen molar-refractivity contribution < 1.29 is 24.2 Å². The van der Waals surface area contributed by atoms with Crippen LogP contribution in [0.4, 0.5) is 11.4 Å². The van der Waals surface area contributed by atoms with Gasteiger partial charge in [-0.25, -0.2) is 4.79 Å². The van der Waals surface area contributed by atoms with Gasteiger partial charge in [-0.2, -0.15) is 0 Å². The molecule has 44 heavy (non-hydrogen) atoms. The highest BCUT2D eigenvalue weighted by Crippen LogP contribution is 2.24. The highest BCUT2D eigenvalue weighted by molar-refractivity contribution is 6.12. The number of carboxylic acid groups (broad SMARTS) is 1. The number of carbonyl (C=O) groups excluding carboxylic acids is 2. The summed E-state index contributed by atoms with van der Waals surface area (Å²) >= 11 is 0. The molecule has 1 atom stereocenters. The molecular formula is C37H32N2O5. The van der Waals surface area contributed by atoms with Crippen LogP contribution in [0.2, 0.25) is 0 Å². The third-order valence-electron chi connectivity index (χ3n) is 7.27. The summed E-state index contributed by atoms with van der Waals surface area (Å²) in [7, 11) is 0. The Kier molecular flexibility index (Phi) is 9.47. The molecule has 1 amide bonds. The van der Waals surface area contributed by atoms with Gasteiger partial charge in [0.05, 0.1) is 6.54 Å². The molecule has 0 radical (unpaired) electrons. The molecule has 0 unspecified atom stereocenters. The molecule has 0 aliphatic heterocycles. The first-order valence-electron chi connectivity index (χ1n) is 14.3. The van der Waals surface area contributed by atoms with Crippen LogP contribution in [-0.2, 0) is 16.0 Å². The van der Waals surface area contributed by atoms with Gasteiger partial charge in [-0.05, 0) is 58.8 Å². The fourth-order valence-corrected chi connectivity index (χ4v) is 4.97. The Bertz CT molecular complexity index is 1780. The van der Waals surface area contributed by atoms with E-state index in [0.717, 1.165) is 22.0 Å². The lowest BCUT2D eigenvalue weighted by Crippen LogP contribution is -2.33. The number of aliphatic carboxylic acids is 1. The quantitative estimate of drug-likeness (QED) is 0.117. The van der Waals surface area contributed by atoms with Crippen LogP contribution < -0.4 is 15.0 Å². The Hall–Kier alpha value is -5.69. The number of hydrogen-bond donors (Lipinski definition) is 2. The van der Waals surface area contributed by atoms with Crippen molar-refractivity contribution in [2.24, 2.45) is 0 Å². The summed E-state index contributed by atoms with van der Waals surface area (Å²) in [5.74, 6) is -0.850. The summed E-state index contributed by atoms with van der Waals surface area (Å²) in [6.07, 6.45) is 1.47. The predicted octanol–water partition coefficient (Wildman–Crippen LogP) is 6.78. The number of hydrogen-bond acceptors (Lipinski definition) is 5. The fraction of sp³-hybridized carbons (Fsp3) is 0.108. The summed E-state index contributed by atoms with van der Waals surface area (Å²) in [4.78, 5) is 39.5. The minimum absolute atomic E-state index is 0.187. The summed E-state index contributed by atoms with van der Waals surface area (Å²) < 4.78 is 5.93. The molecule has 0 saturated carbocycles. The van der Waals surface area contributed by atoms with Crippen molar-refractivity contribution in [3.8, 4) is 5.75 Å². The van der Waals surface area contributed by atoms with Crippen LogP contribution in [0.25, 0.3) is 10.8 Å². The van der Waals surface area contributed by atoms with E-state index in [1.165, 1.54) is 6.08 Å². The number of carbonyl (C=O) groups is 3. The van der Waals surface area contributed by atoms with E-state index in [1.807, 2.05) is 60.7 Å². The minimum atomic E-state index is -1.03. The van der Waals surface area contributed by atoms with Crippen LogP contribution in [-0.4, -0.2) is 42.0 Å².